The van der Waals surface area contributed by atoms with Crippen molar-refractivity contribution >= 4 is 11.9 Å². The average molecular weight is 290 g/mol. The van der Waals surface area contributed by atoms with Crippen LogP contribution in [0.4, 0.5) is 4.79 Å². The molecule has 0 spiro atoms. The Morgan fingerprint density at radius 1 is 1.29 bits per heavy atom. The highest BCUT2D eigenvalue weighted by Gasteiger charge is 2.36. The molecule has 1 aromatic carbocycles. The van der Waals surface area contributed by atoms with Crippen molar-refractivity contribution < 1.29 is 14.3 Å². The van der Waals surface area contributed by atoms with Crippen molar-refractivity contribution in [3.8, 4) is 0 Å². The van der Waals surface area contributed by atoms with Gasteiger partial charge in [0, 0.05) is 13.2 Å². The standard InChI is InChI=1S/C16H22N2O3/c1-3-14-15(19)18(16(20)17-14)10-7-11-21-12(2)13-8-5-4-6-9-13/h4-6,8-9,12,14H,3,7,10-11H2,1-2H3,(H,17,20)/t12?,14-/m0/s1. The molecule has 5 nitrogen and oxygen atoms in total. The van der Waals surface area contributed by atoms with E-state index in [4.69, 9.17) is 4.74 Å². The van der Waals surface area contributed by atoms with Crippen LogP contribution in [0.1, 0.15) is 38.4 Å². The van der Waals surface area contributed by atoms with Crippen LogP contribution in [0.3, 0.4) is 0 Å². The second kappa shape index (κ2) is 7.22. The summed E-state index contributed by atoms with van der Waals surface area (Å²) in [4.78, 5) is 24.8. The predicted octanol–water partition coefficient (Wildman–Crippen LogP) is 2.48. The summed E-state index contributed by atoms with van der Waals surface area (Å²) < 4.78 is 5.74. The zero-order valence-corrected chi connectivity index (χ0v) is 12.5. The third-order valence-corrected chi connectivity index (χ3v) is 3.68. The minimum Gasteiger partial charge on any atom is -0.374 e. The summed E-state index contributed by atoms with van der Waals surface area (Å²) in [7, 11) is 0. The molecule has 2 rings (SSSR count). The normalized spacial score (nSPS) is 19.7. The minimum atomic E-state index is -0.360. The Morgan fingerprint density at radius 3 is 2.62 bits per heavy atom. The highest BCUT2D eigenvalue weighted by atomic mass is 16.5. The fraction of sp³-hybridized carbons (Fsp3) is 0.500. The van der Waals surface area contributed by atoms with Crippen molar-refractivity contribution in [1.29, 1.82) is 0 Å². The van der Waals surface area contributed by atoms with Gasteiger partial charge >= 0.3 is 6.03 Å². The SMILES string of the molecule is CC[C@@H]1NC(=O)N(CCCOC(C)c2ccccc2)C1=O. The second-order valence-corrected chi connectivity index (χ2v) is 5.18. The van der Waals surface area contributed by atoms with Gasteiger partial charge in [0.2, 0.25) is 0 Å². The number of carbonyl (C=O) groups excluding carboxylic acids is 2. The topological polar surface area (TPSA) is 58.6 Å². The Hall–Kier alpha value is -1.88. The monoisotopic (exact) mass is 290 g/mol. The molecule has 0 saturated carbocycles. The van der Waals surface area contributed by atoms with Crippen LogP contribution in [0, 0.1) is 0 Å². The maximum Gasteiger partial charge on any atom is 0.324 e. The van der Waals surface area contributed by atoms with Gasteiger partial charge in [-0.1, -0.05) is 37.3 Å². The van der Waals surface area contributed by atoms with Crippen molar-refractivity contribution in [3.05, 3.63) is 35.9 Å². The van der Waals surface area contributed by atoms with Crippen molar-refractivity contribution in [2.45, 2.75) is 38.8 Å². The van der Waals surface area contributed by atoms with Gasteiger partial charge in [0.05, 0.1) is 6.10 Å². The molecule has 0 aliphatic carbocycles. The number of nitrogens with one attached hydrogen (secondary N) is 1. The zero-order valence-electron chi connectivity index (χ0n) is 12.5. The first kappa shape index (κ1) is 15.5. The number of benzene rings is 1. The van der Waals surface area contributed by atoms with E-state index in [1.165, 1.54) is 4.90 Å². The van der Waals surface area contributed by atoms with Crippen LogP contribution in [0.15, 0.2) is 30.3 Å². The fourth-order valence-electron chi connectivity index (χ4n) is 2.37. The Labute approximate surface area is 125 Å². The Kier molecular flexibility index (Phi) is 5.33. The van der Waals surface area contributed by atoms with Crippen molar-refractivity contribution in [2.24, 2.45) is 0 Å². The van der Waals surface area contributed by atoms with Crippen molar-refractivity contribution in [3.63, 3.8) is 0 Å². The molecule has 0 aromatic heterocycles. The van der Waals surface area contributed by atoms with Crippen molar-refractivity contribution in [2.75, 3.05) is 13.2 Å². The molecule has 1 unspecified atom stereocenters. The highest BCUT2D eigenvalue weighted by molar-refractivity contribution is 6.04. The first-order chi connectivity index (χ1) is 10.1. The quantitative estimate of drug-likeness (QED) is 0.620. The lowest BCUT2D eigenvalue weighted by Crippen LogP contribution is -2.32. The van der Waals surface area contributed by atoms with E-state index in [0.717, 1.165) is 5.56 Å². The van der Waals surface area contributed by atoms with Gasteiger partial charge in [0.25, 0.3) is 5.91 Å². The van der Waals surface area contributed by atoms with Crippen LogP contribution >= 0.6 is 0 Å². The summed E-state index contributed by atoms with van der Waals surface area (Å²) in [6.45, 7) is 4.81. The molecular weight excluding hydrogens is 268 g/mol. The van der Waals surface area contributed by atoms with Crippen LogP contribution in [0.2, 0.25) is 0 Å². The predicted molar refractivity (Wildman–Crippen MR) is 79.7 cm³/mol. The molecule has 1 aliphatic rings. The summed E-state index contributed by atoms with van der Waals surface area (Å²) in [5, 5.41) is 2.68. The zero-order chi connectivity index (χ0) is 15.2. The lowest BCUT2D eigenvalue weighted by Gasteiger charge is -2.16. The van der Waals surface area contributed by atoms with Crippen LogP contribution in [-0.4, -0.2) is 36.0 Å². The lowest BCUT2D eigenvalue weighted by molar-refractivity contribution is -0.127. The molecule has 1 aromatic rings. The van der Waals surface area contributed by atoms with Crippen LogP contribution < -0.4 is 5.32 Å². The molecular formula is C16H22N2O3. The molecule has 114 valence electrons. The molecule has 1 saturated heterocycles. The maximum absolute atomic E-state index is 11.9. The Balaban J connectivity index is 1.73. The fourth-order valence-corrected chi connectivity index (χ4v) is 2.37. The van der Waals surface area contributed by atoms with Gasteiger partial charge in [-0.2, -0.15) is 0 Å². The van der Waals surface area contributed by atoms with Gasteiger partial charge in [0.1, 0.15) is 6.04 Å². The number of amides is 3. The minimum absolute atomic E-state index is 0.0118. The molecule has 1 aliphatic heterocycles. The van der Waals surface area contributed by atoms with E-state index < -0.39 is 0 Å². The van der Waals surface area contributed by atoms with E-state index in [9.17, 15) is 9.59 Å². The van der Waals surface area contributed by atoms with Crippen molar-refractivity contribution in [1.82, 2.24) is 10.2 Å². The number of rotatable bonds is 7. The number of imide groups is 1. The molecule has 1 N–H and O–H groups in total. The summed E-state index contributed by atoms with van der Waals surface area (Å²) in [6, 6.07) is 9.32. The average Bonchev–Trinajstić information content (AvgIpc) is 2.79. The third kappa shape index (κ3) is 3.82. The number of nitrogens with zero attached hydrogens (tertiary/aromatic N) is 1. The lowest BCUT2D eigenvalue weighted by atomic mass is 10.1. The van der Waals surface area contributed by atoms with Crippen LogP contribution in [0.5, 0.6) is 0 Å². The third-order valence-electron chi connectivity index (χ3n) is 3.68. The summed E-state index contributed by atoms with van der Waals surface area (Å²) in [5.74, 6) is -0.126. The Bertz CT molecular complexity index is 490. The molecule has 3 amide bonds. The highest BCUT2D eigenvalue weighted by Crippen LogP contribution is 2.16. The van der Waals surface area contributed by atoms with Crippen LogP contribution in [0.25, 0.3) is 0 Å². The number of hydrogen-bond acceptors (Lipinski definition) is 3. The number of hydrogen-bond donors (Lipinski definition) is 1. The number of carbonyl (C=O) groups is 2. The van der Waals surface area contributed by atoms with Gasteiger partial charge in [-0.05, 0) is 25.3 Å². The first-order valence-corrected chi connectivity index (χ1v) is 7.42. The van der Waals surface area contributed by atoms with Gasteiger partial charge < -0.3 is 10.1 Å². The van der Waals surface area contributed by atoms with E-state index in [2.05, 4.69) is 5.32 Å². The molecule has 21 heavy (non-hydrogen) atoms. The van der Waals surface area contributed by atoms with Gasteiger partial charge in [-0.3, -0.25) is 9.69 Å². The van der Waals surface area contributed by atoms with Crippen LogP contribution in [-0.2, 0) is 9.53 Å². The Morgan fingerprint density at radius 2 is 2.00 bits per heavy atom. The molecule has 0 bridgehead atoms. The molecule has 2 atom stereocenters. The number of urea groups is 1. The molecule has 1 heterocycles. The molecule has 0 radical (unpaired) electrons. The maximum atomic E-state index is 11.9. The van der Waals surface area contributed by atoms with Gasteiger partial charge in [-0.15, -0.1) is 0 Å². The van der Waals surface area contributed by atoms with Gasteiger partial charge in [-0.25, -0.2) is 4.79 Å². The summed E-state index contributed by atoms with van der Waals surface area (Å²) in [5.41, 5.74) is 1.12. The molecule has 5 heteroatoms. The summed E-state index contributed by atoms with van der Waals surface area (Å²) >= 11 is 0. The smallest absolute Gasteiger partial charge is 0.324 e. The van der Waals surface area contributed by atoms with E-state index >= 15 is 0 Å². The largest absolute Gasteiger partial charge is 0.374 e. The number of ether oxygens (including phenoxy) is 1. The first-order valence-electron chi connectivity index (χ1n) is 7.42. The second-order valence-electron chi connectivity index (χ2n) is 5.18. The van der Waals surface area contributed by atoms with E-state index in [1.54, 1.807) is 0 Å². The summed E-state index contributed by atoms with van der Waals surface area (Å²) in [6.07, 6.45) is 1.28. The van der Waals surface area contributed by atoms with E-state index in [-0.39, 0.29) is 24.1 Å². The molecule has 1 fully saturated rings. The van der Waals surface area contributed by atoms with E-state index in [1.807, 2.05) is 44.2 Å². The van der Waals surface area contributed by atoms with E-state index in [0.29, 0.717) is 26.0 Å². The van der Waals surface area contributed by atoms with Gasteiger partial charge in [0.15, 0.2) is 0 Å².